The van der Waals surface area contributed by atoms with Crippen molar-refractivity contribution in [2.45, 2.75) is 18.2 Å². The lowest BCUT2D eigenvalue weighted by Gasteiger charge is -2.15. The van der Waals surface area contributed by atoms with E-state index in [1.807, 2.05) is 12.1 Å². The molecule has 0 saturated carbocycles. The Kier molecular flexibility index (Phi) is 5.32. The molecule has 0 bridgehead atoms. The summed E-state index contributed by atoms with van der Waals surface area (Å²) in [6.07, 6.45) is 2.22. The van der Waals surface area contributed by atoms with Crippen LogP contribution in [-0.2, 0) is 6.42 Å². The fourth-order valence-corrected chi connectivity index (χ4v) is 2.97. The van der Waals surface area contributed by atoms with E-state index in [4.69, 9.17) is 20.9 Å². The van der Waals surface area contributed by atoms with Crippen molar-refractivity contribution in [3.05, 3.63) is 29.5 Å². The largest absolute Gasteiger partial charge is 0.495 e. The molecule has 7 heteroatoms. The van der Waals surface area contributed by atoms with Gasteiger partial charge in [0.25, 0.3) is 0 Å². The lowest BCUT2D eigenvalue weighted by molar-refractivity contribution is 0.375. The SMILES string of the molecule is CCSc1c(OC)cc(Cc2cnc(N)nc2N)cc1OC. The van der Waals surface area contributed by atoms with Gasteiger partial charge in [-0.05, 0) is 23.4 Å². The summed E-state index contributed by atoms with van der Waals surface area (Å²) in [5.41, 5.74) is 13.2. The van der Waals surface area contributed by atoms with Gasteiger partial charge < -0.3 is 20.9 Å². The second-order valence-corrected chi connectivity index (χ2v) is 5.85. The minimum Gasteiger partial charge on any atom is -0.495 e. The van der Waals surface area contributed by atoms with Gasteiger partial charge in [-0.15, -0.1) is 11.8 Å². The molecule has 4 N–H and O–H groups in total. The molecule has 118 valence electrons. The summed E-state index contributed by atoms with van der Waals surface area (Å²) < 4.78 is 11.0. The Hall–Kier alpha value is -2.15. The van der Waals surface area contributed by atoms with Crippen LogP contribution in [-0.4, -0.2) is 29.9 Å². The van der Waals surface area contributed by atoms with E-state index in [9.17, 15) is 0 Å². The first-order chi connectivity index (χ1) is 10.6. The minimum atomic E-state index is 0.172. The quantitative estimate of drug-likeness (QED) is 0.789. The molecule has 0 spiro atoms. The molecule has 0 fully saturated rings. The van der Waals surface area contributed by atoms with Crippen LogP contribution in [0.15, 0.2) is 23.2 Å². The zero-order valence-corrected chi connectivity index (χ0v) is 13.7. The summed E-state index contributed by atoms with van der Waals surface area (Å²) in [5, 5.41) is 0. The zero-order chi connectivity index (χ0) is 16.1. The number of nitrogen functional groups attached to an aromatic ring is 2. The second-order valence-electron chi connectivity index (χ2n) is 4.58. The number of hydrogen-bond acceptors (Lipinski definition) is 7. The van der Waals surface area contributed by atoms with E-state index in [1.54, 1.807) is 32.2 Å². The van der Waals surface area contributed by atoms with E-state index in [-0.39, 0.29) is 5.95 Å². The fourth-order valence-electron chi connectivity index (χ4n) is 2.11. The molecule has 0 aliphatic rings. The third kappa shape index (κ3) is 3.54. The van der Waals surface area contributed by atoms with Gasteiger partial charge in [-0.25, -0.2) is 4.98 Å². The van der Waals surface area contributed by atoms with Crippen molar-refractivity contribution >= 4 is 23.5 Å². The molecule has 0 atom stereocenters. The van der Waals surface area contributed by atoms with Crippen LogP contribution in [0, 0.1) is 0 Å². The highest BCUT2D eigenvalue weighted by atomic mass is 32.2. The van der Waals surface area contributed by atoms with E-state index >= 15 is 0 Å². The van der Waals surface area contributed by atoms with Crippen LogP contribution in [0.2, 0.25) is 0 Å². The highest BCUT2D eigenvalue weighted by Crippen LogP contribution is 2.39. The highest BCUT2D eigenvalue weighted by Gasteiger charge is 2.14. The Bertz CT molecular complexity index is 639. The van der Waals surface area contributed by atoms with Crippen LogP contribution in [0.1, 0.15) is 18.1 Å². The summed E-state index contributed by atoms with van der Waals surface area (Å²) in [5.74, 6) is 3.07. The third-order valence-corrected chi connectivity index (χ3v) is 4.10. The molecule has 2 rings (SSSR count). The fraction of sp³-hybridized carbons (Fsp3) is 0.333. The molecule has 0 saturated heterocycles. The average Bonchev–Trinajstić information content (AvgIpc) is 2.51. The van der Waals surface area contributed by atoms with Crippen LogP contribution >= 0.6 is 11.8 Å². The number of nitrogens with two attached hydrogens (primary N) is 2. The van der Waals surface area contributed by atoms with Gasteiger partial charge in [0.05, 0.1) is 19.1 Å². The van der Waals surface area contributed by atoms with Crippen LogP contribution in [0.5, 0.6) is 11.5 Å². The molecule has 0 radical (unpaired) electrons. The monoisotopic (exact) mass is 320 g/mol. The van der Waals surface area contributed by atoms with E-state index in [0.717, 1.165) is 33.3 Å². The Morgan fingerprint density at radius 1 is 1.14 bits per heavy atom. The maximum absolute atomic E-state index is 5.89. The Labute approximate surface area is 134 Å². The molecule has 22 heavy (non-hydrogen) atoms. The number of methoxy groups -OCH3 is 2. The summed E-state index contributed by atoms with van der Waals surface area (Å²) in [4.78, 5) is 8.97. The Morgan fingerprint density at radius 3 is 2.27 bits per heavy atom. The highest BCUT2D eigenvalue weighted by molar-refractivity contribution is 7.99. The van der Waals surface area contributed by atoms with Crippen LogP contribution in [0.25, 0.3) is 0 Å². The van der Waals surface area contributed by atoms with Gasteiger partial charge in [0, 0.05) is 18.2 Å². The summed E-state index contributed by atoms with van der Waals surface area (Å²) in [7, 11) is 3.30. The number of thioether (sulfide) groups is 1. The molecular weight excluding hydrogens is 300 g/mol. The van der Waals surface area contributed by atoms with Crippen molar-refractivity contribution in [3.8, 4) is 11.5 Å². The van der Waals surface area contributed by atoms with Gasteiger partial charge in [-0.1, -0.05) is 6.92 Å². The van der Waals surface area contributed by atoms with Crippen molar-refractivity contribution < 1.29 is 9.47 Å². The van der Waals surface area contributed by atoms with Crippen molar-refractivity contribution in [3.63, 3.8) is 0 Å². The van der Waals surface area contributed by atoms with Crippen LogP contribution in [0.4, 0.5) is 11.8 Å². The number of ether oxygens (including phenoxy) is 2. The van der Waals surface area contributed by atoms with Crippen LogP contribution in [0.3, 0.4) is 0 Å². The van der Waals surface area contributed by atoms with Gasteiger partial charge >= 0.3 is 0 Å². The van der Waals surface area contributed by atoms with E-state index in [1.165, 1.54) is 0 Å². The third-order valence-electron chi connectivity index (χ3n) is 3.12. The maximum Gasteiger partial charge on any atom is 0.221 e. The van der Waals surface area contributed by atoms with E-state index in [0.29, 0.717) is 12.2 Å². The Balaban J connectivity index is 2.39. The normalized spacial score (nSPS) is 10.5. The topological polar surface area (TPSA) is 96.3 Å². The van der Waals surface area contributed by atoms with E-state index < -0.39 is 0 Å². The van der Waals surface area contributed by atoms with Gasteiger partial charge in [0.1, 0.15) is 17.3 Å². The standard InChI is InChI=1S/C15H20N4O2S/c1-4-22-13-11(20-2)6-9(7-12(13)21-3)5-10-8-18-15(17)19-14(10)16/h6-8H,4-5H2,1-3H3,(H4,16,17,18,19). The molecule has 0 amide bonds. The molecule has 0 aliphatic carbocycles. The van der Waals surface area contributed by atoms with Crippen molar-refractivity contribution in [1.29, 1.82) is 0 Å². The predicted octanol–water partition coefficient (Wildman–Crippen LogP) is 2.36. The minimum absolute atomic E-state index is 0.172. The molecule has 2 aromatic rings. The molecule has 0 unspecified atom stereocenters. The molecule has 0 aliphatic heterocycles. The number of hydrogen-bond donors (Lipinski definition) is 2. The van der Waals surface area contributed by atoms with Gasteiger partial charge in [-0.3, -0.25) is 0 Å². The number of aromatic nitrogens is 2. The summed E-state index contributed by atoms with van der Waals surface area (Å²) >= 11 is 1.68. The number of anilines is 2. The van der Waals surface area contributed by atoms with Gasteiger partial charge in [0.2, 0.25) is 5.95 Å². The summed E-state index contributed by atoms with van der Waals surface area (Å²) in [6.45, 7) is 2.09. The first kappa shape index (κ1) is 16.2. The van der Waals surface area contributed by atoms with Crippen LogP contribution < -0.4 is 20.9 Å². The molecule has 1 heterocycles. The second kappa shape index (κ2) is 7.22. The van der Waals surface area contributed by atoms with Crippen molar-refractivity contribution in [2.24, 2.45) is 0 Å². The number of nitrogens with zero attached hydrogens (tertiary/aromatic N) is 2. The lowest BCUT2D eigenvalue weighted by Crippen LogP contribution is -2.04. The maximum atomic E-state index is 5.89. The predicted molar refractivity (Wildman–Crippen MR) is 89.6 cm³/mol. The number of rotatable bonds is 6. The number of benzene rings is 1. The first-order valence-electron chi connectivity index (χ1n) is 6.83. The average molecular weight is 320 g/mol. The molecule has 6 nitrogen and oxygen atoms in total. The van der Waals surface area contributed by atoms with Gasteiger partial charge in [-0.2, -0.15) is 4.98 Å². The zero-order valence-electron chi connectivity index (χ0n) is 12.9. The molecule has 1 aromatic heterocycles. The molecule has 1 aromatic carbocycles. The Morgan fingerprint density at radius 2 is 1.77 bits per heavy atom. The van der Waals surface area contributed by atoms with Crippen molar-refractivity contribution in [2.75, 3.05) is 31.4 Å². The smallest absolute Gasteiger partial charge is 0.221 e. The first-order valence-corrected chi connectivity index (χ1v) is 7.82. The lowest BCUT2D eigenvalue weighted by atomic mass is 10.1. The van der Waals surface area contributed by atoms with Crippen molar-refractivity contribution in [1.82, 2.24) is 9.97 Å². The van der Waals surface area contributed by atoms with Gasteiger partial charge in [0.15, 0.2) is 0 Å². The van der Waals surface area contributed by atoms with E-state index in [2.05, 4.69) is 16.9 Å². The molecular formula is C15H20N4O2S. The summed E-state index contributed by atoms with van der Waals surface area (Å²) in [6, 6.07) is 3.96.